The van der Waals surface area contributed by atoms with Gasteiger partial charge in [-0.3, -0.25) is 4.79 Å². The van der Waals surface area contributed by atoms with Crippen LogP contribution >= 0.6 is 0 Å². The maximum atomic E-state index is 10.2. The van der Waals surface area contributed by atoms with Crippen LogP contribution in [-0.2, 0) is 9.53 Å². The van der Waals surface area contributed by atoms with Gasteiger partial charge >= 0.3 is 5.97 Å². The summed E-state index contributed by atoms with van der Waals surface area (Å²) in [4.78, 5) is 10.2. The Labute approximate surface area is 48.8 Å². The third-order valence-corrected chi connectivity index (χ3v) is 1.35. The molecule has 0 radical (unpaired) electrons. The fourth-order valence-corrected chi connectivity index (χ4v) is 0.665. The number of hydrogen-bond donors (Lipinski definition) is 0. The van der Waals surface area contributed by atoms with Gasteiger partial charge in [-0.15, -0.1) is 0 Å². The van der Waals surface area contributed by atoms with Crippen molar-refractivity contribution in [3.8, 4) is 0 Å². The molecule has 0 spiro atoms. The highest BCUT2D eigenvalue weighted by Gasteiger charge is 2.35. The lowest BCUT2D eigenvalue weighted by Crippen LogP contribution is -2.01. The molecule has 0 bridgehead atoms. The van der Waals surface area contributed by atoms with Crippen LogP contribution in [0.15, 0.2) is 0 Å². The molecule has 2 heteroatoms. The lowest BCUT2D eigenvalue weighted by atomic mass is 10.5. The first-order chi connectivity index (χ1) is 3.70. The Morgan fingerprint density at radius 2 is 2.25 bits per heavy atom. The summed E-state index contributed by atoms with van der Waals surface area (Å²) in [7, 11) is 0. The highest BCUT2D eigenvalue weighted by atomic mass is 16.5. The van der Waals surface area contributed by atoms with Crippen LogP contribution in [0.4, 0.5) is 0 Å². The van der Waals surface area contributed by atoms with Crippen molar-refractivity contribution in [2.45, 2.75) is 26.4 Å². The Kier molecular flexibility index (Phi) is 1.24. The Bertz CT molecular complexity index is 109. The van der Waals surface area contributed by atoms with Crippen molar-refractivity contribution in [2.75, 3.05) is 0 Å². The van der Waals surface area contributed by atoms with Crippen LogP contribution in [0.5, 0.6) is 0 Å². The van der Waals surface area contributed by atoms with E-state index in [2.05, 4.69) is 6.92 Å². The summed E-state index contributed by atoms with van der Waals surface area (Å²) in [6.07, 6.45) is 1.30. The van der Waals surface area contributed by atoms with E-state index in [1.165, 1.54) is 6.92 Å². The molecule has 46 valence electrons. The number of carbonyl (C=O) groups is 1. The highest BCUT2D eigenvalue weighted by Crippen LogP contribution is 2.32. The van der Waals surface area contributed by atoms with E-state index in [1.54, 1.807) is 0 Å². The standard InChI is InChI=1S/C6H10O2/c1-4-3-6(4)8-5(2)7/h4,6H,3H2,1-2H3. The van der Waals surface area contributed by atoms with Gasteiger partial charge in [-0.2, -0.15) is 0 Å². The zero-order chi connectivity index (χ0) is 6.15. The maximum Gasteiger partial charge on any atom is 0.302 e. The summed E-state index contributed by atoms with van der Waals surface area (Å²) in [5.41, 5.74) is 0. The van der Waals surface area contributed by atoms with Gasteiger partial charge in [-0.25, -0.2) is 0 Å². The second-order valence-corrected chi connectivity index (χ2v) is 2.36. The van der Waals surface area contributed by atoms with Crippen molar-refractivity contribution in [1.82, 2.24) is 0 Å². The van der Waals surface area contributed by atoms with E-state index in [-0.39, 0.29) is 12.1 Å². The van der Waals surface area contributed by atoms with Crippen molar-refractivity contribution < 1.29 is 9.53 Å². The van der Waals surface area contributed by atoms with Crippen LogP contribution in [0.3, 0.4) is 0 Å². The first-order valence-corrected chi connectivity index (χ1v) is 2.87. The van der Waals surface area contributed by atoms with Crippen LogP contribution in [0.1, 0.15) is 20.3 Å². The van der Waals surface area contributed by atoms with Crippen LogP contribution in [0, 0.1) is 5.92 Å². The SMILES string of the molecule is CC(=O)OC1CC1C. The molecule has 0 saturated heterocycles. The fourth-order valence-electron chi connectivity index (χ4n) is 0.665. The van der Waals surface area contributed by atoms with E-state index < -0.39 is 0 Å². The zero-order valence-electron chi connectivity index (χ0n) is 5.18. The zero-order valence-corrected chi connectivity index (χ0v) is 5.18. The summed E-state index contributed by atoms with van der Waals surface area (Å²) in [5, 5.41) is 0. The van der Waals surface area contributed by atoms with Gasteiger partial charge in [0.25, 0.3) is 0 Å². The molecule has 0 aromatic heterocycles. The smallest absolute Gasteiger partial charge is 0.302 e. The van der Waals surface area contributed by atoms with Crippen molar-refractivity contribution in [2.24, 2.45) is 5.92 Å². The second-order valence-electron chi connectivity index (χ2n) is 2.36. The fraction of sp³-hybridized carbons (Fsp3) is 0.833. The predicted molar refractivity (Wildman–Crippen MR) is 29.3 cm³/mol. The molecule has 1 saturated carbocycles. The largest absolute Gasteiger partial charge is 0.462 e. The topological polar surface area (TPSA) is 26.3 Å². The predicted octanol–water partition coefficient (Wildman–Crippen LogP) is 0.958. The van der Waals surface area contributed by atoms with E-state index in [0.29, 0.717) is 5.92 Å². The highest BCUT2D eigenvalue weighted by molar-refractivity contribution is 5.66. The quantitative estimate of drug-likeness (QED) is 0.474. The minimum absolute atomic E-state index is 0.153. The number of ether oxygens (including phenoxy) is 1. The minimum Gasteiger partial charge on any atom is -0.462 e. The van der Waals surface area contributed by atoms with Crippen LogP contribution in [0.2, 0.25) is 0 Å². The number of rotatable bonds is 1. The molecule has 2 nitrogen and oxygen atoms in total. The van der Waals surface area contributed by atoms with Gasteiger partial charge in [0.15, 0.2) is 0 Å². The second kappa shape index (κ2) is 1.77. The van der Waals surface area contributed by atoms with Crippen molar-refractivity contribution in [3.63, 3.8) is 0 Å². The summed E-state index contributed by atoms with van der Waals surface area (Å²) >= 11 is 0. The molecule has 0 aliphatic heterocycles. The summed E-state index contributed by atoms with van der Waals surface area (Å²) in [6.45, 7) is 3.53. The number of carbonyl (C=O) groups excluding carboxylic acids is 1. The van der Waals surface area contributed by atoms with Gasteiger partial charge in [0.1, 0.15) is 6.10 Å². The van der Waals surface area contributed by atoms with Crippen LogP contribution < -0.4 is 0 Å². The Balaban J connectivity index is 2.14. The van der Waals surface area contributed by atoms with E-state index in [4.69, 9.17) is 4.74 Å². The molecule has 0 heterocycles. The van der Waals surface area contributed by atoms with Crippen molar-refractivity contribution >= 4 is 5.97 Å². The van der Waals surface area contributed by atoms with Gasteiger partial charge in [0.2, 0.25) is 0 Å². The Morgan fingerprint density at radius 3 is 2.38 bits per heavy atom. The number of hydrogen-bond acceptors (Lipinski definition) is 2. The minimum atomic E-state index is -0.153. The van der Waals surface area contributed by atoms with Crippen molar-refractivity contribution in [3.05, 3.63) is 0 Å². The summed E-state index contributed by atoms with van der Waals surface area (Å²) < 4.78 is 4.83. The third-order valence-electron chi connectivity index (χ3n) is 1.35. The molecule has 2 unspecified atom stereocenters. The van der Waals surface area contributed by atoms with Crippen molar-refractivity contribution in [1.29, 1.82) is 0 Å². The van der Waals surface area contributed by atoms with Gasteiger partial charge in [0, 0.05) is 6.92 Å². The molecule has 1 aliphatic rings. The third kappa shape index (κ3) is 1.22. The molecule has 8 heavy (non-hydrogen) atoms. The lowest BCUT2D eigenvalue weighted by Gasteiger charge is -1.94. The molecule has 0 amide bonds. The molecule has 1 fully saturated rings. The first kappa shape index (κ1) is 5.60. The van der Waals surface area contributed by atoms with Gasteiger partial charge in [0.05, 0.1) is 0 Å². The van der Waals surface area contributed by atoms with Crippen LogP contribution in [0.25, 0.3) is 0 Å². The monoisotopic (exact) mass is 114 g/mol. The molecule has 2 atom stereocenters. The molecular formula is C6H10O2. The van der Waals surface area contributed by atoms with Gasteiger partial charge < -0.3 is 4.74 Å². The summed E-state index contributed by atoms with van der Waals surface area (Å²) in [5.74, 6) is 0.457. The molecule has 0 N–H and O–H groups in total. The number of esters is 1. The molecular weight excluding hydrogens is 104 g/mol. The van der Waals surface area contributed by atoms with E-state index in [9.17, 15) is 4.79 Å². The van der Waals surface area contributed by atoms with E-state index in [1.807, 2.05) is 0 Å². The van der Waals surface area contributed by atoms with E-state index >= 15 is 0 Å². The maximum absolute atomic E-state index is 10.2. The normalized spacial score (nSPS) is 34.2. The summed E-state index contributed by atoms with van der Waals surface area (Å²) in [6, 6.07) is 0. The Morgan fingerprint density at radius 1 is 1.75 bits per heavy atom. The first-order valence-electron chi connectivity index (χ1n) is 2.87. The van der Waals surface area contributed by atoms with Crippen LogP contribution in [-0.4, -0.2) is 12.1 Å². The van der Waals surface area contributed by atoms with E-state index in [0.717, 1.165) is 6.42 Å². The van der Waals surface area contributed by atoms with Gasteiger partial charge in [-0.05, 0) is 12.3 Å². The lowest BCUT2D eigenvalue weighted by molar-refractivity contribution is -0.142. The Hall–Kier alpha value is -0.530. The van der Waals surface area contributed by atoms with Gasteiger partial charge in [-0.1, -0.05) is 6.92 Å². The average Bonchev–Trinajstić information content (AvgIpc) is 2.17. The molecule has 1 aliphatic carbocycles. The molecule has 1 rings (SSSR count). The molecule has 0 aromatic carbocycles. The molecule has 0 aromatic rings. The average molecular weight is 114 g/mol.